The predicted molar refractivity (Wildman–Crippen MR) is 77.9 cm³/mol. The van der Waals surface area contributed by atoms with Crippen molar-refractivity contribution in [3.05, 3.63) is 0 Å². The number of ether oxygens (including phenoxy) is 1. The van der Waals surface area contributed by atoms with Crippen LogP contribution < -0.4 is 5.73 Å². The summed E-state index contributed by atoms with van der Waals surface area (Å²) >= 11 is 0. The Morgan fingerprint density at radius 2 is 1.95 bits per heavy atom. The van der Waals surface area contributed by atoms with Crippen molar-refractivity contribution in [2.75, 3.05) is 20.3 Å². The molecule has 0 heterocycles. The van der Waals surface area contributed by atoms with E-state index in [4.69, 9.17) is 10.5 Å². The van der Waals surface area contributed by atoms with Gasteiger partial charge in [0.25, 0.3) is 0 Å². The lowest BCUT2D eigenvalue weighted by atomic mass is 9.83. The average Bonchev–Trinajstić information content (AvgIpc) is 2.43. The summed E-state index contributed by atoms with van der Waals surface area (Å²) < 4.78 is 5.15. The number of carbonyl (C=O) groups is 1. The van der Waals surface area contributed by atoms with Gasteiger partial charge in [-0.05, 0) is 25.7 Å². The highest BCUT2D eigenvalue weighted by molar-refractivity contribution is 5.80. The second-order valence-electron chi connectivity index (χ2n) is 5.55. The number of rotatable bonds is 7. The van der Waals surface area contributed by atoms with Gasteiger partial charge in [-0.25, -0.2) is 0 Å². The predicted octanol–water partition coefficient (Wildman–Crippen LogP) is 2.17. The number of hydrogen-bond acceptors (Lipinski definition) is 3. The zero-order chi connectivity index (χ0) is 14.3. The van der Waals surface area contributed by atoms with Crippen molar-refractivity contribution in [1.82, 2.24) is 4.90 Å². The Balaban J connectivity index is 2.73. The fraction of sp³-hybridized carbons (Fsp3) is 0.933. The summed E-state index contributed by atoms with van der Waals surface area (Å²) in [5, 5.41) is 0. The zero-order valence-electron chi connectivity index (χ0n) is 12.7. The number of carbonyl (C=O) groups excluding carboxylic acids is 1. The van der Waals surface area contributed by atoms with Crippen LogP contribution in [0.2, 0.25) is 0 Å². The average molecular weight is 270 g/mol. The van der Waals surface area contributed by atoms with E-state index in [-0.39, 0.29) is 17.9 Å². The molecule has 0 aromatic rings. The second-order valence-corrected chi connectivity index (χ2v) is 5.55. The van der Waals surface area contributed by atoms with Crippen LogP contribution in [-0.4, -0.2) is 43.2 Å². The van der Waals surface area contributed by atoms with Gasteiger partial charge in [-0.15, -0.1) is 0 Å². The van der Waals surface area contributed by atoms with Gasteiger partial charge in [0.2, 0.25) is 5.91 Å². The van der Waals surface area contributed by atoms with Gasteiger partial charge in [0.1, 0.15) is 0 Å². The third-order valence-electron chi connectivity index (χ3n) is 4.34. The third kappa shape index (κ3) is 4.46. The summed E-state index contributed by atoms with van der Waals surface area (Å²) in [6, 6.07) is 0.359. The van der Waals surface area contributed by atoms with Gasteiger partial charge >= 0.3 is 0 Å². The molecule has 0 aromatic carbocycles. The van der Waals surface area contributed by atoms with Crippen molar-refractivity contribution < 1.29 is 9.53 Å². The first-order valence-corrected chi connectivity index (χ1v) is 7.70. The highest BCUT2D eigenvalue weighted by Crippen LogP contribution is 2.26. The van der Waals surface area contributed by atoms with Crippen molar-refractivity contribution in [2.45, 2.75) is 64.5 Å². The SMILES string of the molecule is CCC(CC)N(CCOC)C(=O)C1CCCCC1N. The van der Waals surface area contributed by atoms with Crippen LogP contribution in [0, 0.1) is 5.92 Å². The normalized spacial score (nSPS) is 23.6. The van der Waals surface area contributed by atoms with Crippen LogP contribution in [0.4, 0.5) is 0 Å². The fourth-order valence-corrected chi connectivity index (χ4v) is 3.07. The fourth-order valence-electron chi connectivity index (χ4n) is 3.07. The molecule has 2 N–H and O–H groups in total. The van der Waals surface area contributed by atoms with Gasteiger partial charge in [0.05, 0.1) is 12.5 Å². The summed E-state index contributed by atoms with van der Waals surface area (Å²) in [4.78, 5) is 14.8. The Hall–Kier alpha value is -0.610. The highest BCUT2D eigenvalue weighted by Gasteiger charge is 2.33. The first kappa shape index (κ1) is 16.4. The van der Waals surface area contributed by atoms with Gasteiger partial charge in [0, 0.05) is 25.7 Å². The molecule has 0 saturated heterocycles. The molecule has 4 heteroatoms. The van der Waals surface area contributed by atoms with E-state index in [2.05, 4.69) is 13.8 Å². The van der Waals surface area contributed by atoms with E-state index in [1.165, 1.54) is 0 Å². The molecule has 1 amide bonds. The van der Waals surface area contributed by atoms with E-state index in [9.17, 15) is 4.79 Å². The highest BCUT2D eigenvalue weighted by atomic mass is 16.5. The van der Waals surface area contributed by atoms with E-state index in [1.54, 1.807) is 7.11 Å². The number of methoxy groups -OCH3 is 1. The maximum Gasteiger partial charge on any atom is 0.227 e. The van der Waals surface area contributed by atoms with Crippen molar-refractivity contribution in [1.29, 1.82) is 0 Å². The van der Waals surface area contributed by atoms with Crippen LogP contribution in [0.3, 0.4) is 0 Å². The number of nitrogens with two attached hydrogens (primary N) is 1. The molecule has 0 spiro atoms. The number of nitrogens with zero attached hydrogens (tertiary/aromatic N) is 1. The lowest BCUT2D eigenvalue weighted by Gasteiger charge is -2.37. The summed E-state index contributed by atoms with van der Waals surface area (Å²) in [6.07, 6.45) is 6.21. The topological polar surface area (TPSA) is 55.6 Å². The smallest absolute Gasteiger partial charge is 0.227 e. The van der Waals surface area contributed by atoms with Crippen molar-refractivity contribution >= 4 is 5.91 Å². The Morgan fingerprint density at radius 1 is 1.32 bits per heavy atom. The molecule has 1 saturated carbocycles. The second kappa shape index (κ2) is 8.54. The van der Waals surface area contributed by atoms with Gasteiger partial charge in [-0.3, -0.25) is 4.79 Å². The molecule has 112 valence electrons. The minimum absolute atomic E-state index is 0.0196. The van der Waals surface area contributed by atoms with Crippen LogP contribution in [0.1, 0.15) is 52.4 Å². The molecule has 19 heavy (non-hydrogen) atoms. The van der Waals surface area contributed by atoms with Gasteiger partial charge < -0.3 is 15.4 Å². The first-order chi connectivity index (χ1) is 9.15. The first-order valence-electron chi connectivity index (χ1n) is 7.70. The Morgan fingerprint density at radius 3 is 2.47 bits per heavy atom. The van der Waals surface area contributed by atoms with E-state index >= 15 is 0 Å². The zero-order valence-corrected chi connectivity index (χ0v) is 12.7. The minimum Gasteiger partial charge on any atom is -0.383 e. The Kier molecular flexibility index (Phi) is 7.39. The Labute approximate surface area is 117 Å². The maximum atomic E-state index is 12.8. The van der Waals surface area contributed by atoms with E-state index in [1.807, 2.05) is 4.90 Å². The van der Waals surface area contributed by atoms with Gasteiger partial charge in [-0.2, -0.15) is 0 Å². The summed E-state index contributed by atoms with van der Waals surface area (Å²) in [6.45, 7) is 5.57. The molecule has 1 aliphatic rings. The molecule has 4 nitrogen and oxygen atoms in total. The third-order valence-corrected chi connectivity index (χ3v) is 4.34. The molecule has 0 bridgehead atoms. The van der Waals surface area contributed by atoms with E-state index in [0.717, 1.165) is 38.5 Å². The quantitative estimate of drug-likeness (QED) is 0.771. The van der Waals surface area contributed by atoms with Gasteiger partial charge in [-0.1, -0.05) is 26.7 Å². The molecular weight excluding hydrogens is 240 g/mol. The van der Waals surface area contributed by atoms with E-state index < -0.39 is 0 Å². The van der Waals surface area contributed by atoms with Crippen LogP contribution in [0.15, 0.2) is 0 Å². The maximum absolute atomic E-state index is 12.8. The largest absolute Gasteiger partial charge is 0.383 e. The summed E-state index contributed by atoms with van der Waals surface area (Å²) in [7, 11) is 1.68. The monoisotopic (exact) mass is 270 g/mol. The molecule has 1 fully saturated rings. The minimum atomic E-state index is 0.0196. The van der Waals surface area contributed by atoms with E-state index in [0.29, 0.717) is 19.2 Å². The molecule has 0 radical (unpaired) electrons. The van der Waals surface area contributed by atoms with Crippen molar-refractivity contribution in [3.63, 3.8) is 0 Å². The molecule has 2 unspecified atom stereocenters. The van der Waals surface area contributed by atoms with Crippen LogP contribution in [0.25, 0.3) is 0 Å². The summed E-state index contributed by atoms with van der Waals surface area (Å²) in [5.74, 6) is 0.268. The lowest BCUT2D eigenvalue weighted by Crippen LogP contribution is -2.50. The molecule has 2 atom stereocenters. The number of hydrogen-bond donors (Lipinski definition) is 1. The van der Waals surface area contributed by atoms with Crippen molar-refractivity contribution in [3.8, 4) is 0 Å². The molecule has 1 aliphatic carbocycles. The van der Waals surface area contributed by atoms with Crippen LogP contribution in [0.5, 0.6) is 0 Å². The molecule has 1 rings (SSSR count). The molecule has 0 aromatic heterocycles. The molecular formula is C15H30N2O2. The number of amides is 1. The van der Waals surface area contributed by atoms with Crippen LogP contribution in [-0.2, 0) is 9.53 Å². The standard InChI is InChI=1S/C15H30N2O2/c1-4-12(5-2)17(10-11-19-3)15(18)13-8-6-7-9-14(13)16/h12-14H,4-11,16H2,1-3H3. The molecule has 0 aliphatic heterocycles. The lowest BCUT2D eigenvalue weighted by molar-refractivity contribution is -0.140. The van der Waals surface area contributed by atoms with Crippen LogP contribution >= 0.6 is 0 Å². The Bertz CT molecular complexity index is 267. The van der Waals surface area contributed by atoms with Gasteiger partial charge in [0.15, 0.2) is 0 Å². The van der Waals surface area contributed by atoms with Crippen molar-refractivity contribution in [2.24, 2.45) is 11.7 Å². The summed E-state index contributed by atoms with van der Waals surface area (Å²) in [5.41, 5.74) is 6.15.